The molecule has 3 aromatic rings. The Morgan fingerprint density at radius 2 is 1.71 bits per heavy atom. The smallest absolute Gasteiger partial charge is 0.243 e. The van der Waals surface area contributed by atoms with E-state index in [1.807, 2.05) is 68.4 Å². The summed E-state index contributed by atoms with van der Waals surface area (Å²) in [5.41, 5.74) is 1.90. The molecule has 0 saturated heterocycles. The molecule has 2 atom stereocenters. The highest BCUT2D eigenvalue weighted by atomic mass is 79.9. The average Bonchev–Trinajstić information content (AvgIpc) is 2.84. The third kappa shape index (κ3) is 7.64. The van der Waals surface area contributed by atoms with E-state index >= 15 is 0 Å². The van der Waals surface area contributed by atoms with Crippen LogP contribution in [-0.4, -0.2) is 28.8 Å². The predicted molar refractivity (Wildman–Crippen MR) is 142 cm³/mol. The number of carbonyl (C=O) groups is 2. The van der Waals surface area contributed by atoms with Gasteiger partial charge in [0.05, 0.1) is 6.42 Å². The average molecular weight is 560 g/mol. The third-order valence-electron chi connectivity index (χ3n) is 5.90. The number of hydrogen-bond donors (Lipinski definition) is 1. The van der Waals surface area contributed by atoms with Crippen LogP contribution in [0.25, 0.3) is 0 Å². The number of rotatable bonds is 10. The minimum absolute atomic E-state index is 0.0513. The second kappa shape index (κ2) is 12.8. The van der Waals surface area contributed by atoms with Crippen molar-refractivity contribution in [1.29, 1.82) is 0 Å². The van der Waals surface area contributed by atoms with E-state index in [9.17, 15) is 14.0 Å². The molecule has 0 bridgehead atoms. The Morgan fingerprint density at radius 3 is 2.37 bits per heavy atom. The molecule has 1 N–H and O–H groups in total. The maximum Gasteiger partial charge on any atom is 0.243 e. The first-order chi connectivity index (χ1) is 16.8. The van der Waals surface area contributed by atoms with E-state index < -0.39 is 11.9 Å². The largest absolute Gasteiger partial charge is 0.352 e. The number of carbonyl (C=O) groups excluding carboxylic acids is 2. The summed E-state index contributed by atoms with van der Waals surface area (Å²) in [5, 5.41) is 3.21. The van der Waals surface area contributed by atoms with E-state index in [0.717, 1.165) is 22.0 Å². The first-order valence-corrected chi connectivity index (χ1v) is 12.8. The number of amides is 2. The van der Waals surface area contributed by atoms with Crippen molar-refractivity contribution in [3.05, 3.63) is 105 Å². The van der Waals surface area contributed by atoms with E-state index in [1.165, 1.54) is 17.0 Å². The quantitative estimate of drug-likeness (QED) is 0.315. The SMILES string of the molecule is CC[C@@H](C)NC(=O)[C@H](Cc1ccccc1)N(Cc1cccc(Br)c1)C(=O)Cc1c(F)cccc1Cl. The molecular weight excluding hydrogens is 531 g/mol. The van der Waals surface area contributed by atoms with Gasteiger partial charge in [-0.2, -0.15) is 0 Å². The summed E-state index contributed by atoms with van der Waals surface area (Å²) >= 11 is 9.70. The van der Waals surface area contributed by atoms with Crippen LogP contribution < -0.4 is 5.32 Å². The molecule has 0 aromatic heterocycles. The molecule has 0 aliphatic heterocycles. The summed E-state index contributed by atoms with van der Waals surface area (Å²) in [7, 11) is 0. The molecule has 35 heavy (non-hydrogen) atoms. The Balaban J connectivity index is 2.01. The second-order valence-corrected chi connectivity index (χ2v) is 9.87. The van der Waals surface area contributed by atoms with Crippen molar-refractivity contribution >= 4 is 39.3 Å². The van der Waals surface area contributed by atoms with Gasteiger partial charge in [0.15, 0.2) is 0 Å². The molecule has 0 saturated carbocycles. The van der Waals surface area contributed by atoms with E-state index in [1.54, 1.807) is 6.07 Å². The molecule has 0 aliphatic rings. The van der Waals surface area contributed by atoms with Crippen LogP contribution in [-0.2, 0) is 29.0 Å². The minimum Gasteiger partial charge on any atom is -0.352 e. The molecule has 0 radical (unpaired) electrons. The highest BCUT2D eigenvalue weighted by Gasteiger charge is 2.31. The molecule has 184 valence electrons. The molecular formula is C28H29BrClFN2O2. The molecule has 0 unspecified atom stereocenters. The summed E-state index contributed by atoms with van der Waals surface area (Å²) in [6.07, 6.45) is 0.837. The van der Waals surface area contributed by atoms with Crippen LogP contribution >= 0.6 is 27.5 Å². The van der Waals surface area contributed by atoms with Crippen LogP contribution in [0.15, 0.2) is 77.3 Å². The van der Waals surface area contributed by atoms with Crippen molar-refractivity contribution < 1.29 is 14.0 Å². The lowest BCUT2D eigenvalue weighted by atomic mass is 10.0. The maximum atomic E-state index is 14.5. The fourth-order valence-electron chi connectivity index (χ4n) is 3.78. The lowest BCUT2D eigenvalue weighted by Crippen LogP contribution is -2.52. The van der Waals surface area contributed by atoms with Crippen molar-refractivity contribution in [1.82, 2.24) is 10.2 Å². The van der Waals surface area contributed by atoms with Gasteiger partial charge >= 0.3 is 0 Å². The summed E-state index contributed by atoms with van der Waals surface area (Å²) in [4.78, 5) is 28.7. The molecule has 2 amide bonds. The Morgan fingerprint density at radius 1 is 1.03 bits per heavy atom. The highest BCUT2D eigenvalue weighted by Crippen LogP contribution is 2.23. The number of nitrogens with zero attached hydrogens (tertiary/aromatic N) is 1. The molecule has 3 aromatic carbocycles. The first kappa shape index (κ1) is 26.9. The van der Waals surface area contributed by atoms with Crippen molar-refractivity contribution in [2.24, 2.45) is 0 Å². The number of hydrogen-bond acceptors (Lipinski definition) is 2. The summed E-state index contributed by atoms with van der Waals surface area (Å²) in [6.45, 7) is 4.11. The zero-order valence-electron chi connectivity index (χ0n) is 19.8. The molecule has 4 nitrogen and oxygen atoms in total. The molecule has 0 fully saturated rings. The van der Waals surface area contributed by atoms with Gasteiger partial charge < -0.3 is 10.2 Å². The van der Waals surface area contributed by atoms with Crippen LogP contribution in [0.3, 0.4) is 0 Å². The normalized spacial score (nSPS) is 12.6. The third-order valence-corrected chi connectivity index (χ3v) is 6.75. The van der Waals surface area contributed by atoms with Gasteiger partial charge in [-0.25, -0.2) is 4.39 Å². The number of halogens is 3. The fraction of sp³-hybridized carbons (Fsp3) is 0.286. The van der Waals surface area contributed by atoms with Crippen molar-refractivity contribution in [3.63, 3.8) is 0 Å². The van der Waals surface area contributed by atoms with E-state index in [4.69, 9.17) is 11.6 Å². The molecule has 0 aliphatic carbocycles. The van der Waals surface area contributed by atoms with Gasteiger partial charge in [-0.1, -0.05) is 83.0 Å². The van der Waals surface area contributed by atoms with Gasteiger partial charge in [0.1, 0.15) is 11.9 Å². The number of nitrogens with one attached hydrogen (secondary N) is 1. The fourth-order valence-corrected chi connectivity index (χ4v) is 4.46. The maximum absolute atomic E-state index is 14.5. The first-order valence-electron chi connectivity index (χ1n) is 11.6. The summed E-state index contributed by atoms with van der Waals surface area (Å²) < 4.78 is 15.4. The van der Waals surface area contributed by atoms with Gasteiger partial charge in [0.2, 0.25) is 11.8 Å². The molecule has 3 rings (SSSR count). The zero-order valence-corrected chi connectivity index (χ0v) is 22.2. The van der Waals surface area contributed by atoms with Crippen LogP contribution in [0.2, 0.25) is 5.02 Å². The predicted octanol–water partition coefficient (Wildman–Crippen LogP) is 6.34. The highest BCUT2D eigenvalue weighted by molar-refractivity contribution is 9.10. The van der Waals surface area contributed by atoms with Crippen LogP contribution in [0.4, 0.5) is 4.39 Å². The van der Waals surface area contributed by atoms with Crippen molar-refractivity contribution in [2.45, 2.75) is 51.7 Å². The lowest BCUT2D eigenvalue weighted by Gasteiger charge is -2.32. The van der Waals surface area contributed by atoms with E-state index in [0.29, 0.717) is 6.42 Å². The van der Waals surface area contributed by atoms with E-state index in [2.05, 4.69) is 21.2 Å². The monoisotopic (exact) mass is 558 g/mol. The lowest BCUT2D eigenvalue weighted by molar-refractivity contribution is -0.141. The summed E-state index contributed by atoms with van der Waals surface area (Å²) in [6, 6.07) is 20.6. The van der Waals surface area contributed by atoms with Crippen LogP contribution in [0.1, 0.15) is 37.0 Å². The Kier molecular flexibility index (Phi) is 9.87. The second-order valence-electron chi connectivity index (χ2n) is 8.55. The number of benzene rings is 3. The molecule has 7 heteroatoms. The van der Waals surface area contributed by atoms with Crippen LogP contribution in [0.5, 0.6) is 0 Å². The molecule has 0 spiro atoms. The van der Waals surface area contributed by atoms with Gasteiger partial charge in [-0.15, -0.1) is 0 Å². The Bertz CT molecular complexity index is 1140. The van der Waals surface area contributed by atoms with E-state index in [-0.39, 0.29) is 41.4 Å². The van der Waals surface area contributed by atoms with Gasteiger partial charge in [-0.3, -0.25) is 9.59 Å². The standard InChI is InChI=1S/C28H29BrClFN2O2/c1-3-19(2)32-28(35)26(16-20-9-5-4-6-10-20)33(18-21-11-7-12-22(29)15-21)27(34)17-23-24(30)13-8-14-25(23)31/h4-15,19,26H,3,16-18H2,1-2H3,(H,32,35)/t19-,26+/m1/s1. The van der Waals surface area contributed by atoms with Crippen molar-refractivity contribution in [2.75, 3.05) is 0 Å². The van der Waals surface area contributed by atoms with Crippen molar-refractivity contribution in [3.8, 4) is 0 Å². The molecule has 0 heterocycles. The van der Waals surface area contributed by atoms with Crippen LogP contribution in [0, 0.1) is 5.82 Å². The topological polar surface area (TPSA) is 49.4 Å². The zero-order chi connectivity index (χ0) is 25.4. The van der Waals surface area contributed by atoms with Gasteiger partial charge in [0.25, 0.3) is 0 Å². The minimum atomic E-state index is -0.788. The van der Waals surface area contributed by atoms with Gasteiger partial charge in [0, 0.05) is 34.1 Å². The summed E-state index contributed by atoms with van der Waals surface area (Å²) in [5.74, 6) is -1.17. The van der Waals surface area contributed by atoms with Gasteiger partial charge in [-0.05, 0) is 48.7 Å². The Labute approximate surface area is 219 Å². The Hall–Kier alpha value is -2.70.